The second-order valence-electron chi connectivity index (χ2n) is 8.95. The van der Waals surface area contributed by atoms with Crippen LogP contribution in [0.5, 0.6) is 11.5 Å². The maximum Gasteiger partial charge on any atom is 0.343 e. The minimum Gasteiger partial charge on any atom is -0.494 e. The van der Waals surface area contributed by atoms with Crippen molar-refractivity contribution in [2.24, 2.45) is 0 Å². The van der Waals surface area contributed by atoms with Gasteiger partial charge in [0, 0.05) is 23.6 Å². The van der Waals surface area contributed by atoms with Crippen LogP contribution in [-0.4, -0.2) is 30.9 Å². The van der Waals surface area contributed by atoms with E-state index in [1.54, 1.807) is 36.4 Å². The Bertz CT molecular complexity index is 1320. The van der Waals surface area contributed by atoms with Gasteiger partial charge in [0.15, 0.2) is 5.78 Å². The van der Waals surface area contributed by atoms with E-state index in [9.17, 15) is 14.4 Å². The standard InChI is InChI=1S/C32H30O6/c1-2-30(33)37-20-8-4-3-7-19-36-27-17-13-24(14-18-27)32(35)38-28-15-11-23(12-16-28)21-26-22-25-9-5-6-10-29(25)31(26)34/h2,5-6,9-18,21H,1,3-4,7-8,19-20,22H2. The molecule has 0 saturated carbocycles. The van der Waals surface area contributed by atoms with E-state index in [0.29, 0.717) is 36.7 Å². The van der Waals surface area contributed by atoms with E-state index in [4.69, 9.17) is 14.2 Å². The van der Waals surface area contributed by atoms with E-state index in [2.05, 4.69) is 6.58 Å². The van der Waals surface area contributed by atoms with Gasteiger partial charge in [0.25, 0.3) is 0 Å². The third kappa shape index (κ3) is 7.29. The van der Waals surface area contributed by atoms with E-state index in [1.165, 1.54) is 0 Å². The zero-order valence-corrected chi connectivity index (χ0v) is 21.2. The largest absolute Gasteiger partial charge is 0.494 e. The Morgan fingerprint density at radius 3 is 2.21 bits per heavy atom. The molecule has 3 aromatic carbocycles. The van der Waals surface area contributed by atoms with Gasteiger partial charge in [0.1, 0.15) is 11.5 Å². The second-order valence-corrected chi connectivity index (χ2v) is 8.95. The summed E-state index contributed by atoms with van der Waals surface area (Å²) >= 11 is 0. The molecule has 38 heavy (non-hydrogen) atoms. The molecule has 1 aliphatic rings. The lowest BCUT2D eigenvalue weighted by Crippen LogP contribution is -2.08. The highest BCUT2D eigenvalue weighted by atomic mass is 16.5. The number of esters is 2. The molecule has 0 fully saturated rings. The molecule has 0 atom stereocenters. The third-order valence-electron chi connectivity index (χ3n) is 6.17. The molecule has 1 aliphatic carbocycles. The number of ketones is 1. The summed E-state index contributed by atoms with van der Waals surface area (Å²) in [4.78, 5) is 36.1. The Hall–Kier alpha value is -4.45. The average Bonchev–Trinajstić information content (AvgIpc) is 3.26. The number of ether oxygens (including phenoxy) is 3. The average molecular weight is 511 g/mol. The normalized spacial score (nSPS) is 13.2. The molecular formula is C32H30O6. The summed E-state index contributed by atoms with van der Waals surface area (Å²) in [5, 5.41) is 0. The SMILES string of the molecule is C=CC(=O)OCCCCCCOc1ccc(C(=O)Oc2ccc(C=C3Cc4ccccc4C3=O)cc2)cc1. The summed E-state index contributed by atoms with van der Waals surface area (Å²) < 4.78 is 16.2. The molecule has 4 rings (SSSR count). The molecule has 0 aromatic heterocycles. The fourth-order valence-corrected chi connectivity index (χ4v) is 4.14. The number of benzene rings is 3. The van der Waals surface area contributed by atoms with Crippen LogP contribution in [0.1, 0.15) is 57.5 Å². The van der Waals surface area contributed by atoms with Crippen molar-refractivity contribution in [2.75, 3.05) is 13.2 Å². The topological polar surface area (TPSA) is 78.9 Å². The molecule has 3 aromatic rings. The maximum atomic E-state index is 12.6. The molecule has 0 spiro atoms. The number of fused-ring (bicyclic) bond motifs is 1. The van der Waals surface area contributed by atoms with Crippen LogP contribution < -0.4 is 9.47 Å². The molecule has 0 heterocycles. The van der Waals surface area contributed by atoms with Crippen LogP contribution >= 0.6 is 0 Å². The number of hydrogen-bond acceptors (Lipinski definition) is 6. The van der Waals surface area contributed by atoms with Crippen molar-refractivity contribution >= 4 is 23.8 Å². The first-order valence-electron chi connectivity index (χ1n) is 12.7. The van der Waals surface area contributed by atoms with Gasteiger partial charge in [-0.15, -0.1) is 0 Å². The molecule has 0 N–H and O–H groups in total. The van der Waals surface area contributed by atoms with Crippen LogP contribution in [0.2, 0.25) is 0 Å². The van der Waals surface area contributed by atoms with Crippen LogP contribution in [0.15, 0.2) is 91.0 Å². The Morgan fingerprint density at radius 2 is 1.50 bits per heavy atom. The summed E-state index contributed by atoms with van der Waals surface area (Å²) in [6.45, 7) is 4.33. The van der Waals surface area contributed by atoms with Crippen molar-refractivity contribution in [3.63, 3.8) is 0 Å². The smallest absolute Gasteiger partial charge is 0.343 e. The van der Waals surface area contributed by atoms with Gasteiger partial charge in [0.2, 0.25) is 0 Å². The Labute approximate surface area is 222 Å². The predicted molar refractivity (Wildman–Crippen MR) is 145 cm³/mol. The first-order valence-corrected chi connectivity index (χ1v) is 12.7. The number of hydrogen-bond donors (Lipinski definition) is 0. The lowest BCUT2D eigenvalue weighted by atomic mass is 10.1. The molecule has 6 nitrogen and oxygen atoms in total. The van der Waals surface area contributed by atoms with Gasteiger partial charge in [-0.1, -0.05) is 43.0 Å². The number of unbranched alkanes of at least 4 members (excludes halogenated alkanes) is 3. The lowest BCUT2D eigenvalue weighted by molar-refractivity contribution is -0.137. The monoisotopic (exact) mass is 510 g/mol. The minimum absolute atomic E-state index is 0.0623. The van der Waals surface area contributed by atoms with Gasteiger partial charge in [-0.2, -0.15) is 0 Å². The molecule has 6 heteroatoms. The van der Waals surface area contributed by atoms with Gasteiger partial charge in [-0.05, 0) is 79.3 Å². The highest BCUT2D eigenvalue weighted by Crippen LogP contribution is 2.28. The lowest BCUT2D eigenvalue weighted by Gasteiger charge is -2.08. The summed E-state index contributed by atoms with van der Waals surface area (Å²) in [5.74, 6) is 0.324. The van der Waals surface area contributed by atoms with Crippen LogP contribution in [0.3, 0.4) is 0 Å². The number of rotatable bonds is 12. The van der Waals surface area contributed by atoms with Gasteiger partial charge in [-0.3, -0.25) is 4.79 Å². The Kier molecular flexibility index (Phi) is 9.24. The molecule has 0 saturated heterocycles. The summed E-state index contributed by atoms with van der Waals surface area (Å²) in [6, 6.07) is 21.6. The Morgan fingerprint density at radius 1 is 0.816 bits per heavy atom. The van der Waals surface area contributed by atoms with Crippen molar-refractivity contribution in [3.05, 3.63) is 113 Å². The van der Waals surface area contributed by atoms with E-state index in [1.807, 2.05) is 42.5 Å². The zero-order chi connectivity index (χ0) is 26.7. The molecule has 0 amide bonds. The molecule has 0 aliphatic heterocycles. The van der Waals surface area contributed by atoms with Gasteiger partial charge in [0.05, 0.1) is 18.8 Å². The van der Waals surface area contributed by atoms with Crippen molar-refractivity contribution in [1.29, 1.82) is 0 Å². The highest BCUT2D eigenvalue weighted by molar-refractivity contribution is 6.15. The fourth-order valence-electron chi connectivity index (χ4n) is 4.14. The number of carbonyl (C=O) groups is 3. The summed E-state index contributed by atoms with van der Waals surface area (Å²) in [6.07, 6.45) is 7.28. The van der Waals surface area contributed by atoms with Crippen molar-refractivity contribution in [1.82, 2.24) is 0 Å². The van der Waals surface area contributed by atoms with Gasteiger partial charge >= 0.3 is 11.9 Å². The molecule has 0 unspecified atom stereocenters. The third-order valence-corrected chi connectivity index (χ3v) is 6.17. The van der Waals surface area contributed by atoms with E-state index >= 15 is 0 Å². The Balaban J connectivity index is 1.20. The predicted octanol–water partition coefficient (Wildman–Crippen LogP) is 6.40. The van der Waals surface area contributed by atoms with E-state index in [0.717, 1.165) is 54.0 Å². The number of Topliss-reactive ketones (excluding diaryl/α,β-unsaturated/α-hetero) is 1. The zero-order valence-electron chi connectivity index (χ0n) is 21.2. The van der Waals surface area contributed by atoms with Crippen LogP contribution in [0.25, 0.3) is 6.08 Å². The highest BCUT2D eigenvalue weighted by Gasteiger charge is 2.23. The van der Waals surface area contributed by atoms with Crippen LogP contribution in [0, 0.1) is 0 Å². The molecular weight excluding hydrogens is 480 g/mol. The van der Waals surface area contributed by atoms with Gasteiger partial charge < -0.3 is 14.2 Å². The maximum absolute atomic E-state index is 12.6. The molecule has 0 radical (unpaired) electrons. The van der Waals surface area contributed by atoms with E-state index in [-0.39, 0.29) is 5.78 Å². The summed E-state index contributed by atoms with van der Waals surface area (Å²) in [5.41, 5.74) is 3.86. The fraction of sp³-hybridized carbons (Fsp3) is 0.219. The van der Waals surface area contributed by atoms with Crippen molar-refractivity contribution < 1.29 is 28.6 Å². The van der Waals surface area contributed by atoms with Crippen molar-refractivity contribution in [2.45, 2.75) is 32.1 Å². The van der Waals surface area contributed by atoms with E-state index < -0.39 is 11.9 Å². The number of carbonyl (C=O) groups excluding carboxylic acids is 3. The van der Waals surface area contributed by atoms with Crippen molar-refractivity contribution in [3.8, 4) is 11.5 Å². The second kappa shape index (κ2) is 13.2. The summed E-state index contributed by atoms with van der Waals surface area (Å²) in [7, 11) is 0. The van der Waals surface area contributed by atoms with Crippen LogP contribution in [-0.2, 0) is 16.0 Å². The quantitative estimate of drug-likeness (QED) is 0.121. The van der Waals surface area contributed by atoms with Crippen LogP contribution in [0.4, 0.5) is 0 Å². The van der Waals surface area contributed by atoms with Gasteiger partial charge in [-0.25, -0.2) is 9.59 Å². The number of allylic oxidation sites excluding steroid dienone is 1. The molecule has 194 valence electrons. The minimum atomic E-state index is -0.457. The molecule has 0 bridgehead atoms. The first-order chi connectivity index (χ1) is 18.5. The first kappa shape index (κ1) is 26.6.